The van der Waals surface area contributed by atoms with Gasteiger partial charge in [0.1, 0.15) is 0 Å². The number of carbonyl (C=O) groups is 1. The molecule has 0 spiro atoms. The minimum atomic E-state index is -0.324. The van der Waals surface area contributed by atoms with E-state index in [4.69, 9.17) is 12.2 Å². The van der Waals surface area contributed by atoms with Gasteiger partial charge in [0.25, 0.3) is 0 Å². The van der Waals surface area contributed by atoms with Crippen molar-refractivity contribution in [3.63, 3.8) is 0 Å². The average molecular weight is 185 g/mol. The molecule has 12 heavy (non-hydrogen) atoms. The largest absolute Gasteiger partial charge is 0.320 e. The van der Waals surface area contributed by atoms with Gasteiger partial charge >= 0.3 is 0 Å². The summed E-state index contributed by atoms with van der Waals surface area (Å²) >= 11 is 5.00. The zero-order chi connectivity index (χ0) is 9.57. The molecule has 3 heteroatoms. The zero-order valence-corrected chi connectivity index (χ0v) is 8.84. The summed E-state index contributed by atoms with van der Waals surface area (Å²) in [6, 6.07) is 0. The number of piperidine rings is 1. The van der Waals surface area contributed by atoms with E-state index >= 15 is 0 Å². The first kappa shape index (κ1) is 9.65. The van der Waals surface area contributed by atoms with Crippen LogP contribution in [0.15, 0.2) is 0 Å². The lowest BCUT2D eigenvalue weighted by molar-refractivity contribution is -0.135. The number of nitrogens with one attached hydrogen (secondary N) is 1. The summed E-state index contributed by atoms with van der Waals surface area (Å²) in [6.07, 6.45) is 0.793. The fourth-order valence-electron chi connectivity index (χ4n) is 1.26. The maximum absolute atomic E-state index is 11.5. The molecule has 1 saturated heterocycles. The summed E-state index contributed by atoms with van der Waals surface area (Å²) in [5.41, 5.74) is -0.359. The maximum atomic E-state index is 11.5. The highest BCUT2D eigenvalue weighted by molar-refractivity contribution is 7.80. The van der Waals surface area contributed by atoms with Gasteiger partial charge in [0.05, 0.1) is 4.99 Å². The molecule has 1 rings (SSSR count). The van der Waals surface area contributed by atoms with Gasteiger partial charge in [-0.15, -0.1) is 0 Å². The van der Waals surface area contributed by atoms with E-state index < -0.39 is 0 Å². The average Bonchev–Trinajstić information content (AvgIpc) is 1.82. The van der Waals surface area contributed by atoms with Crippen LogP contribution in [0.5, 0.6) is 0 Å². The van der Waals surface area contributed by atoms with Crippen molar-refractivity contribution >= 4 is 23.1 Å². The quantitative estimate of drug-likeness (QED) is 0.584. The van der Waals surface area contributed by atoms with E-state index in [0.717, 1.165) is 6.42 Å². The minimum Gasteiger partial charge on any atom is -0.320 e. The monoisotopic (exact) mass is 185 g/mol. The maximum Gasteiger partial charge on any atom is 0.230 e. The fourth-order valence-corrected chi connectivity index (χ4v) is 1.71. The standard InChI is InChI=1S/C9H15NOS/c1-8(2)5-6(12)10-7(11)9(8,3)4/h5H2,1-4H3,(H,10,11,12). The van der Waals surface area contributed by atoms with Crippen LogP contribution in [0.25, 0.3) is 0 Å². The summed E-state index contributed by atoms with van der Waals surface area (Å²) in [5, 5.41) is 2.72. The van der Waals surface area contributed by atoms with Crippen LogP contribution in [0.1, 0.15) is 34.1 Å². The van der Waals surface area contributed by atoms with Crippen LogP contribution in [-0.2, 0) is 4.79 Å². The van der Waals surface area contributed by atoms with E-state index in [-0.39, 0.29) is 16.7 Å². The highest BCUT2D eigenvalue weighted by Gasteiger charge is 2.47. The number of hydrogen-bond acceptors (Lipinski definition) is 2. The summed E-state index contributed by atoms with van der Waals surface area (Å²) in [5.74, 6) is 0.0451. The number of rotatable bonds is 0. The Balaban J connectivity index is 3.02. The summed E-state index contributed by atoms with van der Waals surface area (Å²) < 4.78 is 0. The van der Waals surface area contributed by atoms with Crippen molar-refractivity contribution in [2.75, 3.05) is 0 Å². The zero-order valence-electron chi connectivity index (χ0n) is 8.02. The third-order valence-corrected chi connectivity index (χ3v) is 3.36. The fraction of sp³-hybridized carbons (Fsp3) is 0.778. The van der Waals surface area contributed by atoms with Gasteiger partial charge in [-0.2, -0.15) is 0 Å². The molecule has 1 aliphatic heterocycles. The van der Waals surface area contributed by atoms with Crippen molar-refractivity contribution < 1.29 is 4.79 Å². The van der Waals surface area contributed by atoms with Crippen molar-refractivity contribution in [1.29, 1.82) is 0 Å². The Morgan fingerprint density at radius 3 is 2.25 bits per heavy atom. The third kappa shape index (κ3) is 1.26. The van der Waals surface area contributed by atoms with E-state index in [9.17, 15) is 4.79 Å². The summed E-state index contributed by atoms with van der Waals surface area (Å²) in [7, 11) is 0. The van der Waals surface area contributed by atoms with Crippen molar-refractivity contribution in [2.45, 2.75) is 34.1 Å². The minimum absolute atomic E-state index is 0.0353. The molecule has 0 unspecified atom stereocenters. The van der Waals surface area contributed by atoms with Crippen LogP contribution in [0.2, 0.25) is 0 Å². The molecule has 0 aliphatic carbocycles. The van der Waals surface area contributed by atoms with Gasteiger partial charge in [-0.3, -0.25) is 4.79 Å². The van der Waals surface area contributed by atoms with Gasteiger partial charge in [0.2, 0.25) is 5.91 Å². The van der Waals surface area contributed by atoms with Crippen LogP contribution >= 0.6 is 12.2 Å². The van der Waals surface area contributed by atoms with Crippen molar-refractivity contribution in [3.8, 4) is 0 Å². The second-order valence-electron chi connectivity index (χ2n) is 4.56. The van der Waals surface area contributed by atoms with Gasteiger partial charge < -0.3 is 5.32 Å². The number of hydrogen-bond donors (Lipinski definition) is 1. The smallest absolute Gasteiger partial charge is 0.230 e. The molecule has 0 saturated carbocycles. The van der Waals surface area contributed by atoms with Crippen LogP contribution in [0.3, 0.4) is 0 Å². The van der Waals surface area contributed by atoms with Gasteiger partial charge in [-0.1, -0.05) is 39.9 Å². The van der Waals surface area contributed by atoms with Gasteiger partial charge in [-0.05, 0) is 5.41 Å². The van der Waals surface area contributed by atoms with Crippen LogP contribution in [-0.4, -0.2) is 10.9 Å². The molecular weight excluding hydrogens is 170 g/mol. The lowest BCUT2D eigenvalue weighted by Crippen LogP contribution is -2.54. The molecular formula is C9H15NOS. The first-order chi connectivity index (χ1) is 5.27. The SMILES string of the molecule is CC1(C)CC(=S)NC(=O)C1(C)C. The first-order valence-electron chi connectivity index (χ1n) is 4.12. The second kappa shape index (κ2) is 2.52. The predicted octanol–water partition coefficient (Wildman–Crippen LogP) is 1.89. The topological polar surface area (TPSA) is 29.1 Å². The Kier molecular flexibility index (Phi) is 2.03. The molecule has 1 amide bonds. The highest BCUT2D eigenvalue weighted by atomic mass is 32.1. The van der Waals surface area contributed by atoms with E-state index in [2.05, 4.69) is 19.2 Å². The van der Waals surface area contributed by atoms with Crippen LogP contribution < -0.4 is 5.32 Å². The molecule has 0 aromatic carbocycles. The molecule has 2 nitrogen and oxygen atoms in total. The molecule has 1 aliphatic rings. The molecule has 1 fully saturated rings. The lowest BCUT2D eigenvalue weighted by atomic mass is 9.64. The molecule has 0 aromatic heterocycles. The third-order valence-electron chi connectivity index (χ3n) is 3.12. The van der Waals surface area contributed by atoms with Gasteiger partial charge in [0.15, 0.2) is 0 Å². The van der Waals surface area contributed by atoms with Gasteiger partial charge in [0, 0.05) is 11.8 Å². The summed E-state index contributed by atoms with van der Waals surface area (Å²) in [4.78, 5) is 12.2. The molecule has 1 heterocycles. The Hall–Kier alpha value is -0.440. The van der Waals surface area contributed by atoms with Crippen LogP contribution in [0, 0.1) is 10.8 Å². The van der Waals surface area contributed by atoms with Gasteiger partial charge in [-0.25, -0.2) is 0 Å². The van der Waals surface area contributed by atoms with E-state index in [0.29, 0.717) is 4.99 Å². The molecule has 1 N–H and O–H groups in total. The van der Waals surface area contributed by atoms with Crippen molar-refractivity contribution in [1.82, 2.24) is 5.32 Å². The molecule has 0 bridgehead atoms. The first-order valence-corrected chi connectivity index (χ1v) is 4.52. The predicted molar refractivity (Wildman–Crippen MR) is 52.9 cm³/mol. The number of thiocarbonyl (C=S) groups is 1. The molecule has 68 valence electrons. The summed E-state index contributed by atoms with van der Waals surface area (Å²) in [6.45, 7) is 8.09. The van der Waals surface area contributed by atoms with Crippen molar-refractivity contribution in [3.05, 3.63) is 0 Å². The molecule has 0 aromatic rings. The number of amides is 1. The Morgan fingerprint density at radius 2 is 1.83 bits per heavy atom. The van der Waals surface area contributed by atoms with E-state index in [1.54, 1.807) is 0 Å². The second-order valence-corrected chi connectivity index (χ2v) is 5.06. The van der Waals surface area contributed by atoms with E-state index in [1.807, 2.05) is 13.8 Å². The Labute approximate surface area is 78.7 Å². The highest BCUT2D eigenvalue weighted by Crippen LogP contribution is 2.43. The lowest BCUT2D eigenvalue weighted by Gasteiger charge is -2.44. The van der Waals surface area contributed by atoms with Crippen LogP contribution in [0.4, 0.5) is 0 Å². The van der Waals surface area contributed by atoms with Crippen molar-refractivity contribution in [2.24, 2.45) is 10.8 Å². The molecule has 0 radical (unpaired) electrons. The normalized spacial score (nSPS) is 26.7. The number of carbonyl (C=O) groups excluding carboxylic acids is 1. The Morgan fingerprint density at radius 1 is 1.33 bits per heavy atom. The van der Waals surface area contributed by atoms with E-state index in [1.165, 1.54) is 0 Å². The molecule has 0 atom stereocenters. The Bertz CT molecular complexity index is 243.